The lowest BCUT2D eigenvalue weighted by atomic mass is 10.00. The fourth-order valence-electron chi connectivity index (χ4n) is 4.98. The Bertz CT molecular complexity index is 1740. The second-order valence-electron chi connectivity index (χ2n) is 9.63. The molecule has 7 heteroatoms. The molecule has 0 radical (unpaired) electrons. The molecule has 40 heavy (non-hydrogen) atoms. The van der Waals surface area contributed by atoms with Crippen molar-refractivity contribution in [3.8, 4) is 0 Å². The van der Waals surface area contributed by atoms with Crippen molar-refractivity contribution in [2.75, 3.05) is 10.2 Å². The number of fused-ring (bicyclic) bond motifs is 2. The van der Waals surface area contributed by atoms with E-state index in [0.29, 0.717) is 17.1 Å². The second-order valence-corrected chi connectivity index (χ2v) is 9.63. The molecule has 1 aliphatic rings. The molecule has 0 aliphatic carbocycles. The molecule has 7 nitrogen and oxygen atoms in total. The van der Waals surface area contributed by atoms with Crippen molar-refractivity contribution in [3.05, 3.63) is 138 Å². The summed E-state index contributed by atoms with van der Waals surface area (Å²) < 4.78 is 0. The van der Waals surface area contributed by atoms with Gasteiger partial charge in [-0.1, -0.05) is 84.9 Å². The van der Waals surface area contributed by atoms with E-state index in [-0.39, 0.29) is 12.5 Å². The Morgan fingerprint density at radius 2 is 1.65 bits per heavy atom. The van der Waals surface area contributed by atoms with Crippen molar-refractivity contribution in [3.63, 3.8) is 0 Å². The SMILES string of the molecule is Cc1cccc(NC(=O)NC2N=C(c3ccccc3)c3ccccc3N(Cc3nccc4ccccc34)C2=O)c1. The van der Waals surface area contributed by atoms with Crippen molar-refractivity contribution < 1.29 is 9.59 Å². The molecule has 1 aliphatic heterocycles. The number of aliphatic imine (C=N–C) groups is 1. The Kier molecular flexibility index (Phi) is 6.77. The molecular formula is C33H27N5O2. The summed E-state index contributed by atoms with van der Waals surface area (Å²) in [4.78, 5) is 38.5. The Balaban J connectivity index is 1.43. The summed E-state index contributed by atoms with van der Waals surface area (Å²) >= 11 is 0. The smallest absolute Gasteiger partial charge is 0.308 e. The van der Waals surface area contributed by atoms with Gasteiger partial charge in [0.05, 0.1) is 23.6 Å². The van der Waals surface area contributed by atoms with Crippen LogP contribution in [0.15, 0.2) is 120 Å². The van der Waals surface area contributed by atoms with Crippen LogP contribution in [-0.2, 0) is 11.3 Å². The molecule has 2 N–H and O–H groups in total. The van der Waals surface area contributed by atoms with E-state index in [4.69, 9.17) is 4.99 Å². The van der Waals surface area contributed by atoms with Gasteiger partial charge in [-0.3, -0.25) is 9.78 Å². The molecule has 0 bridgehead atoms. The molecule has 4 aromatic carbocycles. The summed E-state index contributed by atoms with van der Waals surface area (Å²) in [6, 6.07) is 34.2. The molecule has 0 spiro atoms. The van der Waals surface area contributed by atoms with Gasteiger partial charge in [-0.25, -0.2) is 9.79 Å². The second kappa shape index (κ2) is 10.8. The van der Waals surface area contributed by atoms with Gasteiger partial charge in [0.15, 0.2) is 0 Å². The predicted molar refractivity (Wildman–Crippen MR) is 159 cm³/mol. The number of nitrogens with zero attached hydrogens (tertiary/aromatic N) is 3. The van der Waals surface area contributed by atoms with Gasteiger partial charge < -0.3 is 15.5 Å². The van der Waals surface area contributed by atoms with Crippen molar-refractivity contribution in [1.29, 1.82) is 0 Å². The van der Waals surface area contributed by atoms with Crippen LogP contribution in [0.4, 0.5) is 16.2 Å². The number of urea groups is 1. The molecule has 3 amide bonds. The number of para-hydroxylation sites is 1. The number of benzodiazepines with no additional fused rings is 1. The molecular weight excluding hydrogens is 498 g/mol. The number of hydrogen-bond donors (Lipinski definition) is 2. The lowest BCUT2D eigenvalue weighted by Gasteiger charge is -2.25. The number of anilines is 2. The predicted octanol–water partition coefficient (Wildman–Crippen LogP) is 6.08. The number of amides is 3. The van der Waals surface area contributed by atoms with Gasteiger partial charge in [-0.05, 0) is 42.1 Å². The van der Waals surface area contributed by atoms with Gasteiger partial charge in [-0.15, -0.1) is 0 Å². The van der Waals surface area contributed by atoms with E-state index in [0.717, 1.165) is 33.2 Å². The van der Waals surface area contributed by atoms with E-state index < -0.39 is 12.2 Å². The zero-order valence-corrected chi connectivity index (χ0v) is 21.9. The molecule has 1 unspecified atom stereocenters. The number of hydrogen-bond acceptors (Lipinski definition) is 4. The van der Waals surface area contributed by atoms with E-state index in [9.17, 15) is 9.59 Å². The van der Waals surface area contributed by atoms with E-state index in [2.05, 4.69) is 15.6 Å². The van der Waals surface area contributed by atoms with Crippen LogP contribution in [0.2, 0.25) is 0 Å². The van der Waals surface area contributed by atoms with Gasteiger partial charge in [0, 0.05) is 28.4 Å². The third kappa shape index (κ3) is 5.05. The van der Waals surface area contributed by atoms with Gasteiger partial charge >= 0.3 is 6.03 Å². The van der Waals surface area contributed by atoms with E-state index >= 15 is 0 Å². The highest BCUT2D eigenvalue weighted by atomic mass is 16.2. The van der Waals surface area contributed by atoms with E-state index in [1.807, 2.05) is 110 Å². The minimum atomic E-state index is -1.16. The highest BCUT2D eigenvalue weighted by Crippen LogP contribution is 2.30. The highest BCUT2D eigenvalue weighted by molar-refractivity contribution is 6.20. The first-order chi connectivity index (χ1) is 19.6. The number of benzene rings is 4. The number of pyridine rings is 1. The molecule has 0 fully saturated rings. The Morgan fingerprint density at radius 1 is 0.875 bits per heavy atom. The summed E-state index contributed by atoms with van der Waals surface area (Å²) in [5.41, 5.74) is 5.37. The molecule has 1 aromatic heterocycles. The van der Waals surface area contributed by atoms with Gasteiger partial charge in [0.25, 0.3) is 5.91 Å². The minimum Gasteiger partial charge on any atom is -0.308 e. The maximum atomic E-state index is 14.2. The standard InChI is InChI=1S/C33H27N5O2/c1-22-10-9-14-25(20-22)35-33(40)37-31-32(39)38(21-28-26-15-6-5-11-23(26)18-19-34-28)29-17-8-7-16-27(29)30(36-31)24-12-3-2-4-13-24/h2-20,31H,21H2,1H3,(H2,35,37,40). The molecule has 5 aromatic rings. The summed E-state index contributed by atoms with van der Waals surface area (Å²) in [5.74, 6) is -0.354. The van der Waals surface area contributed by atoms with Gasteiger partial charge in [-0.2, -0.15) is 0 Å². The van der Waals surface area contributed by atoms with Crippen molar-refractivity contribution in [2.24, 2.45) is 4.99 Å². The summed E-state index contributed by atoms with van der Waals surface area (Å²) in [6.45, 7) is 2.16. The fraction of sp³-hybridized carbons (Fsp3) is 0.0909. The van der Waals surface area contributed by atoms with Crippen LogP contribution in [0.1, 0.15) is 22.4 Å². The first-order valence-corrected chi connectivity index (χ1v) is 13.1. The molecule has 196 valence electrons. The first-order valence-electron chi connectivity index (χ1n) is 13.1. The topological polar surface area (TPSA) is 86.7 Å². The zero-order valence-electron chi connectivity index (χ0n) is 21.9. The Labute approximate surface area is 232 Å². The van der Waals surface area contributed by atoms with Gasteiger partial charge in [0.2, 0.25) is 6.17 Å². The quantitative estimate of drug-likeness (QED) is 0.292. The molecule has 6 rings (SSSR count). The van der Waals surface area contributed by atoms with Crippen molar-refractivity contribution in [2.45, 2.75) is 19.6 Å². The largest absolute Gasteiger partial charge is 0.321 e. The first kappa shape index (κ1) is 25.0. The van der Waals surface area contributed by atoms with Crippen LogP contribution in [0.5, 0.6) is 0 Å². The van der Waals surface area contributed by atoms with Crippen LogP contribution < -0.4 is 15.5 Å². The molecule has 2 heterocycles. The van der Waals surface area contributed by atoms with Crippen LogP contribution in [0, 0.1) is 6.92 Å². The summed E-state index contributed by atoms with van der Waals surface area (Å²) in [5, 5.41) is 7.65. The van der Waals surface area contributed by atoms with Gasteiger partial charge in [0.1, 0.15) is 0 Å². The van der Waals surface area contributed by atoms with Crippen LogP contribution in [-0.4, -0.2) is 28.8 Å². The zero-order chi connectivity index (χ0) is 27.5. The fourth-order valence-corrected chi connectivity index (χ4v) is 4.98. The Hall–Kier alpha value is -5.30. The monoisotopic (exact) mass is 525 g/mol. The maximum Gasteiger partial charge on any atom is 0.321 e. The van der Waals surface area contributed by atoms with Crippen LogP contribution in [0.25, 0.3) is 10.8 Å². The average molecular weight is 526 g/mol. The third-order valence-electron chi connectivity index (χ3n) is 6.86. The van der Waals surface area contributed by atoms with Crippen molar-refractivity contribution in [1.82, 2.24) is 10.3 Å². The van der Waals surface area contributed by atoms with Crippen LogP contribution >= 0.6 is 0 Å². The molecule has 1 atom stereocenters. The number of carbonyl (C=O) groups is 2. The van der Waals surface area contributed by atoms with E-state index in [1.54, 1.807) is 17.2 Å². The van der Waals surface area contributed by atoms with Crippen molar-refractivity contribution >= 4 is 39.8 Å². The normalized spacial score (nSPS) is 14.7. The number of carbonyl (C=O) groups excluding carboxylic acids is 2. The third-order valence-corrected chi connectivity index (χ3v) is 6.86. The highest BCUT2D eigenvalue weighted by Gasteiger charge is 2.33. The average Bonchev–Trinajstić information content (AvgIpc) is 3.08. The van der Waals surface area contributed by atoms with Crippen LogP contribution in [0.3, 0.4) is 0 Å². The Morgan fingerprint density at radius 3 is 2.50 bits per heavy atom. The maximum absolute atomic E-state index is 14.2. The lowest BCUT2D eigenvalue weighted by Crippen LogP contribution is -2.48. The minimum absolute atomic E-state index is 0.215. The number of aromatic nitrogens is 1. The lowest BCUT2D eigenvalue weighted by molar-refractivity contribution is -0.120. The summed E-state index contributed by atoms with van der Waals surface area (Å²) in [6.07, 6.45) is 0.588. The number of nitrogens with one attached hydrogen (secondary N) is 2. The molecule has 0 saturated heterocycles. The number of rotatable bonds is 5. The van der Waals surface area contributed by atoms with E-state index in [1.165, 1.54) is 0 Å². The summed E-state index contributed by atoms with van der Waals surface area (Å²) in [7, 11) is 0. The number of aryl methyl sites for hydroxylation is 1. The molecule has 0 saturated carbocycles.